The van der Waals surface area contributed by atoms with Crippen LogP contribution in [0.25, 0.3) is 0 Å². The Morgan fingerprint density at radius 1 is 1.44 bits per heavy atom. The van der Waals surface area contributed by atoms with E-state index in [0.29, 0.717) is 6.42 Å². The number of ketones is 1. The molecule has 0 fully saturated rings. The molecule has 0 N–H and O–H groups in total. The van der Waals surface area contributed by atoms with Crippen molar-refractivity contribution in [3.05, 3.63) is 29.6 Å². The number of methoxy groups -OCH3 is 1. The standard InChI is InChI=1S/C13H17FO2/c1-5-13(2,3)12(15)9-7-6-8-10(16-4)11(9)14/h6-8H,5H2,1-4H3. The normalized spacial score (nSPS) is 11.3. The topological polar surface area (TPSA) is 26.3 Å². The maximum absolute atomic E-state index is 13.8. The third kappa shape index (κ3) is 2.23. The SMILES string of the molecule is CCC(C)(C)C(=O)c1cccc(OC)c1F. The summed E-state index contributed by atoms with van der Waals surface area (Å²) in [6, 6.07) is 4.63. The van der Waals surface area contributed by atoms with Crippen LogP contribution in [0.15, 0.2) is 18.2 Å². The van der Waals surface area contributed by atoms with Gasteiger partial charge in [0.05, 0.1) is 12.7 Å². The zero-order chi connectivity index (χ0) is 12.3. The minimum Gasteiger partial charge on any atom is -0.494 e. The van der Waals surface area contributed by atoms with Gasteiger partial charge >= 0.3 is 0 Å². The molecule has 0 aliphatic carbocycles. The Balaban J connectivity index is 3.19. The molecule has 0 saturated heterocycles. The van der Waals surface area contributed by atoms with Gasteiger partial charge in [0.2, 0.25) is 0 Å². The van der Waals surface area contributed by atoms with Crippen molar-refractivity contribution in [2.45, 2.75) is 27.2 Å². The lowest BCUT2D eigenvalue weighted by atomic mass is 9.82. The van der Waals surface area contributed by atoms with E-state index in [1.54, 1.807) is 6.07 Å². The minimum absolute atomic E-state index is 0.103. The van der Waals surface area contributed by atoms with Gasteiger partial charge in [-0.3, -0.25) is 4.79 Å². The number of Topliss-reactive ketones (excluding diaryl/α,β-unsaturated/α-hetero) is 1. The van der Waals surface area contributed by atoms with Crippen LogP contribution >= 0.6 is 0 Å². The van der Waals surface area contributed by atoms with Crippen molar-refractivity contribution in [1.29, 1.82) is 0 Å². The molecule has 0 saturated carbocycles. The van der Waals surface area contributed by atoms with Crippen molar-refractivity contribution < 1.29 is 13.9 Å². The Labute approximate surface area is 95.4 Å². The monoisotopic (exact) mass is 224 g/mol. The van der Waals surface area contributed by atoms with Gasteiger partial charge in [-0.05, 0) is 18.6 Å². The third-order valence-electron chi connectivity index (χ3n) is 2.93. The molecule has 3 heteroatoms. The second-order valence-corrected chi connectivity index (χ2v) is 4.39. The predicted molar refractivity (Wildman–Crippen MR) is 61.4 cm³/mol. The molecule has 0 radical (unpaired) electrons. The van der Waals surface area contributed by atoms with Crippen molar-refractivity contribution >= 4 is 5.78 Å². The summed E-state index contributed by atoms with van der Waals surface area (Å²) in [4.78, 5) is 12.1. The van der Waals surface area contributed by atoms with Gasteiger partial charge in [0.25, 0.3) is 0 Å². The smallest absolute Gasteiger partial charge is 0.175 e. The Morgan fingerprint density at radius 2 is 2.06 bits per heavy atom. The van der Waals surface area contributed by atoms with E-state index >= 15 is 0 Å². The van der Waals surface area contributed by atoms with Crippen molar-refractivity contribution in [3.63, 3.8) is 0 Å². The summed E-state index contributed by atoms with van der Waals surface area (Å²) in [5.74, 6) is -0.652. The molecule has 88 valence electrons. The minimum atomic E-state index is -0.573. The molecule has 0 heterocycles. The highest BCUT2D eigenvalue weighted by Gasteiger charge is 2.29. The van der Waals surface area contributed by atoms with Gasteiger partial charge in [-0.25, -0.2) is 4.39 Å². The second-order valence-electron chi connectivity index (χ2n) is 4.39. The van der Waals surface area contributed by atoms with Crippen molar-refractivity contribution in [1.82, 2.24) is 0 Å². The lowest BCUT2D eigenvalue weighted by Crippen LogP contribution is -2.24. The molecule has 16 heavy (non-hydrogen) atoms. The van der Waals surface area contributed by atoms with Gasteiger partial charge < -0.3 is 4.74 Å². The number of carbonyl (C=O) groups excluding carboxylic acids is 1. The molecule has 0 aliphatic heterocycles. The van der Waals surface area contributed by atoms with Crippen LogP contribution < -0.4 is 4.74 Å². The van der Waals surface area contributed by atoms with Crippen LogP contribution in [0.4, 0.5) is 4.39 Å². The molecule has 0 spiro atoms. The van der Waals surface area contributed by atoms with Gasteiger partial charge in [0, 0.05) is 5.41 Å². The molecule has 0 amide bonds. The summed E-state index contributed by atoms with van der Waals surface area (Å²) < 4.78 is 18.7. The molecule has 0 atom stereocenters. The first-order chi connectivity index (χ1) is 7.44. The van der Waals surface area contributed by atoms with Crippen molar-refractivity contribution in [2.24, 2.45) is 5.41 Å². The maximum atomic E-state index is 13.8. The first-order valence-corrected chi connectivity index (χ1v) is 5.31. The quantitative estimate of drug-likeness (QED) is 0.732. The van der Waals surface area contributed by atoms with E-state index < -0.39 is 11.2 Å². The number of benzene rings is 1. The molecule has 0 bridgehead atoms. The van der Waals surface area contributed by atoms with Crippen LogP contribution in [0.2, 0.25) is 0 Å². The summed E-state index contributed by atoms with van der Waals surface area (Å²) in [5.41, 5.74) is -0.445. The van der Waals surface area contributed by atoms with Crippen molar-refractivity contribution in [3.8, 4) is 5.75 Å². The van der Waals surface area contributed by atoms with Gasteiger partial charge in [0.1, 0.15) is 0 Å². The van der Waals surface area contributed by atoms with Crippen LogP contribution in [0.5, 0.6) is 5.75 Å². The molecular weight excluding hydrogens is 207 g/mol. The van der Waals surface area contributed by atoms with Crippen LogP contribution in [-0.4, -0.2) is 12.9 Å². The molecule has 0 aliphatic rings. The summed E-state index contributed by atoms with van der Waals surface area (Å²) in [6.07, 6.45) is 0.669. The summed E-state index contributed by atoms with van der Waals surface area (Å²) in [5, 5.41) is 0. The largest absolute Gasteiger partial charge is 0.494 e. The summed E-state index contributed by atoms with van der Waals surface area (Å²) in [7, 11) is 1.39. The Kier molecular flexibility index (Phi) is 3.68. The fourth-order valence-corrected chi connectivity index (χ4v) is 1.37. The number of hydrogen-bond acceptors (Lipinski definition) is 2. The number of hydrogen-bond donors (Lipinski definition) is 0. The molecule has 2 nitrogen and oxygen atoms in total. The highest BCUT2D eigenvalue weighted by molar-refractivity contribution is 6.00. The van der Waals surface area contributed by atoms with E-state index in [9.17, 15) is 9.18 Å². The molecule has 0 unspecified atom stereocenters. The Morgan fingerprint density at radius 3 is 2.56 bits per heavy atom. The lowest BCUT2D eigenvalue weighted by Gasteiger charge is -2.21. The molecular formula is C13H17FO2. The number of ether oxygens (including phenoxy) is 1. The predicted octanol–water partition coefficient (Wildman–Crippen LogP) is 3.45. The van der Waals surface area contributed by atoms with Gasteiger partial charge in [-0.1, -0.05) is 26.8 Å². The molecule has 1 aromatic carbocycles. The average Bonchev–Trinajstić information content (AvgIpc) is 2.28. The van der Waals surface area contributed by atoms with Crippen LogP contribution in [0.1, 0.15) is 37.6 Å². The maximum Gasteiger partial charge on any atom is 0.175 e. The Bertz CT molecular complexity index is 397. The van der Waals surface area contributed by atoms with E-state index in [1.165, 1.54) is 19.2 Å². The van der Waals surface area contributed by atoms with E-state index in [-0.39, 0.29) is 17.1 Å². The highest BCUT2D eigenvalue weighted by atomic mass is 19.1. The first kappa shape index (κ1) is 12.7. The van der Waals surface area contributed by atoms with E-state index in [0.717, 1.165) is 0 Å². The lowest BCUT2D eigenvalue weighted by molar-refractivity contribution is 0.0827. The number of carbonyl (C=O) groups is 1. The first-order valence-electron chi connectivity index (χ1n) is 5.31. The second kappa shape index (κ2) is 4.64. The molecule has 1 rings (SSSR count). The van der Waals surface area contributed by atoms with Gasteiger partial charge in [0.15, 0.2) is 17.3 Å². The number of rotatable bonds is 4. The van der Waals surface area contributed by atoms with Gasteiger partial charge in [-0.2, -0.15) is 0 Å². The highest BCUT2D eigenvalue weighted by Crippen LogP contribution is 2.29. The molecule has 0 aromatic heterocycles. The molecule has 1 aromatic rings. The van der Waals surface area contributed by atoms with E-state index in [4.69, 9.17) is 4.74 Å². The average molecular weight is 224 g/mol. The van der Waals surface area contributed by atoms with Gasteiger partial charge in [-0.15, -0.1) is 0 Å². The number of halogens is 1. The van der Waals surface area contributed by atoms with Crippen LogP contribution in [0, 0.1) is 11.2 Å². The fraction of sp³-hybridized carbons (Fsp3) is 0.462. The third-order valence-corrected chi connectivity index (χ3v) is 2.93. The van der Waals surface area contributed by atoms with E-state index in [2.05, 4.69) is 0 Å². The van der Waals surface area contributed by atoms with Crippen LogP contribution in [0.3, 0.4) is 0 Å². The zero-order valence-electron chi connectivity index (χ0n) is 10.1. The van der Waals surface area contributed by atoms with E-state index in [1.807, 2.05) is 20.8 Å². The summed E-state index contributed by atoms with van der Waals surface area (Å²) in [6.45, 7) is 5.54. The Hall–Kier alpha value is -1.38. The fourth-order valence-electron chi connectivity index (χ4n) is 1.37. The summed E-state index contributed by atoms with van der Waals surface area (Å²) >= 11 is 0. The van der Waals surface area contributed by atoms with Crippen molar-refractivity contribution in [2.75, 3.05) is 7.11 Å². The zero-order valence-corrected chi connectivity index (χ0v) is 10.1. The van der Waals surface area contributed by atoms with Crippen LogP contribution in [-0.2, 0) is 0 Å².